The van der Waals surface area contributed by atoms with Gasteiger partial charge in [0.05, 0.1) is 19.9 Å². The van der Waals surface area contributed by atoms with Gasteiger partial charge in [-0.2, -0.15) is 0 Å². The molecule has 0 bridgehead atoms. The summed E-state index contributed by atoms with van der Waals surface area (Å²) in [7, 11) is 3.29. The van der Waals surface area contributed by atoms with Gasteiger partial charge in [-0.3, -0.25) is 0 Å². The summed E-state index contributed by atoms with van der Waals surface area (Å²) in [5, 5.41) is 13.1. The maximum absolute atomic E-state index is 9.59. The number of rotatable bonds is 5. The summed E-state index contributed by atoms with van der Waals surface area (Å²) in [6.07, 6.45) is 3.15. The number of benzene rings is 2. The SMILES string of the molecule is COc1ccc([C@@H]2C/C(=N/O)c3cc(CC=C(C)C)c(OC)cc3O2)cc1. The lowest BCUT2D eigenvalue weighted by molar-refractivity contribution is 0.202. The maximum Gasteiger partial charge on any atom is 0.133 e. The molecule has 0 fully saturated rings. The van der Waals surface area contributed by atoms with Crippen LogP contribution in [0.25, 0.3) is 0 Å². The zero-order valence-corrected chi connectivity index (χ0v) is 16.2. The molecule has 2 aromatic carbocycles. The molecule has 0 radical (unpaired) electrons. The normalized spacial score (nSPS) is 17.0. The Labute approximate surface area is 159 Å². The van der Waals surface area contributed by atoms with Gasteiger partial charge in [0.15, 0.2) is 0 Å². The molecule has 1 N–H and O–H groups in total. The van der Waals surface area contributed by atoms with Gasteiger partial charge in [-0.15, -0.1) is 0 Å². The Morgan fingerprint density at radius 1 is 1.19 bits per heavy atom. The van der Waals surface area contributed by atoms with Gasteiger partial charge in [0, 0.05) is 18.1 Å². The number of hydrogen-bond donors (Lipinski definition) is 1. The summed E-state index contributed by atoms with van der Waals surface area (Å²) in [5.74, 6) is 2.21. The van der Waals surface area contributed by atoms with Crippen LogP contribution in [0.4, 0.5) is 0 Å². The van der Waals surface area contributed by atoms with Crippen LogP contribution >= 0.6 is 0 Å². The molecule has 142 valence electrons. The predicted octanol–water partition coefficient (Wildman–Crippen LogP) is 4.91. The average molecular weight is 367 g/mol. The highest BCUT2D eigenvalue weighted by Crippen LogP contribution is 2.39. The van der Waals surface area contributed by atoms with Crippen LogP contribution in [0, 0.1) is 0 Å². The van der Waals surface area contributed by atoms with E-state index in [0.717, 1.165) is 34.6 Å². The van der Waals surface area contributed by atoms with E-state index in [1.807, 2.05) is 36.4 Å². The van der Waals surface area contributed by atoms with E-state index in [1.165, 1.54) is 5.57 Å². The van der Waals surface area contributed by atoms with Gasteiger partial charge in [-0.05, 0) is 49.6 Å². The minimum absolute atomic E-state index is 0.234. The van der Waals surface area contributed by atoms with Gasteiger partial charge in [-0.1, -0.05) is 28.9 Å². The maximum atomic E-state index is 9.59. The van der Waals surface area contributed by atoms with Crippen molar-refractivity contribution in [3.63, 3.8) is 0 Å². The molecule has 1 heterocycles. The fourth-order valence-electron chi connectivity index (χ4n) is 3.17. The van der Waals surface area contributed by atoms with Crippen LogP contribution in [0.15, 0.2) is 53.2 Å². The Kier molecular flexibility index (Phi) is 5.69. The van der Waals surface area contributed by atoms with Crippen molar-refractivity contribution in [1.29, 1.82) is 0 Å². The molecule has 0 aliphatic carbocycles. The molecule has 0 spiro atoms. The van der Waals surface area contributed by atoms with E-state index in [9.17, 15) is 5.21 Å². The number of methoxy groups -OCH3 is 2. The highest BCUT2D eigenvalue weighted by atomic mass is 16.5. The molecule has 1 atom stereocenters. The summed E-state index contributed by atoms with van der Waals surface area (Å²) in [6, 6.07) is 11.6. The molecule has 3 rings (SSSR count). The van der Waals surface area contributed by atoms with Crippen molar-refractivity contribution in [3.8, 4) is 17.2 Å². The third kappa shape index (κ3) is 4.08. The first-order valence-corrected chi connectivity index (χ1v) is 8.92. The number of ether oxygens (including phenoxy) is 3. The topological polar surface area (TPSA) is 60.3 Å². The number of allylic oxidation sites excluding steroid dienone is 2. The Bertz CT molecular complexity index is 865. The van der Waals surface area contributed by atoms with E-state index in [0.29, 0.717) is 17.9 Å². The molecule has 27 heavy (non-hydrogen) atoms. The molecule has 0 amide bonds. The predicted molar refractivity (Wildman–Crippen MR) is 105 cm³/mol. The molecule has 0 saturated carbocycles. The lowest BCUT2D eigenvalue weighted by Crippen LogP contribution is -2.21. The van der Waals surface area contributed by atoms with E-state index in [-0.39, 0.29) is 6.10 Å². The molecular weight excluding hydrogens is 342 g/mol. The van der Waals surface area contributed by atoms with Crippen LogP contribution in [0.1, 0.15) is 43.1 Å². The van der Waals surface area contributed by atoms with Crippen molar-refractivity contribution < 1.29 is 19.4 Å². The second-order valence-corrected chi connectivity index (χ2v) is 6.78. The molecule has 0 unspecified atom stereocenters. The standard InChI is InChI=1S/C22H25NO4/c1-14(2)5-6-16-11-18-19(23-24)12-21(27-22(18)13-20(16)26-4)15-7-9-17(25-3)10-8-15/h5,7-11,13,21,24H,6,12H2,1-4H3/b23-19-/t21-/m0/s1. The number of fused-ring (bicyclic) bond motifs is 1. The highest BCUT2D eigenvalue weighted by Gasteiger charge is 2.28. The minimum atomic E-state index is -0.234. The average Bonchev–Trinajstić information content (AvgIpc) is 2.70. The van der Waals surface area contributed by atoms with Crippen LogP contribution in [0.5, 0.6) is 17.2 Å². The van der Waals surface area contributed by atoms with Gasteiger partial charge < -0.3 is 19.4 Å². The zero-order chi connectivity index (χ0) is 19.4. The molecule has 0 saturated heterocycles. The molecule has 1 aliphatic heterocycles. The minimum Gasteiger partial charge on any atom is -0.497 e. The van der Waals surface area contributed by atoms with Gasteiger partial charge in [-0.25, -0.2) is 0 Å². The van der Waals surface area contributed by atoms with Gasteiger partial charge in [0.1, 0.15) is 23.4 Å². The van der Waals surface area contributed by atoms with Gasteiger partial charge in [0.25, 0.3) is 0 Å². The van der Waals surface area contributed by atoms with Crippen LogP contribution in [-0.2, 0) is 6.42 Å². The lowest BCUT2D eigenvalue weighted by atomic mass is 9.93. The summed E-state index contributed by atoms with van der Waals surface area (Å²) in [6.45, 7) is 4.13. The fourth-order valence-corrected chi connectivity index (χ4v) is 3.17. The molecule has 0 aromatic heterocycles. The second-order valence-electron chi connectivity index (χ2n) is 6.78. The molecule has 5 nitrogen and oxygen atoms in total. The molecule has 1 aliphatic rings. The molecular formula is C22H25NO4. The van der Waals surface area contributed by atoms with Crippen LogP contribution in [-0.4, -0.2) is 25.1 Å². The molecule has 5 heteroatoms. The van der Waals surface area contributed by atoms with Gasteiger partial charge in [0.2, 0.25) is 0 Å². The summed E-state index contributed by atoms with van der Waals surface area (Å²) in [5.41, 5.74) is 4.68. The monoisotopic (exact) mass is 367 g/mol. The highest BCUT2D eigenvalue weighted by molar-refractivity contribution is 6.04. The van der Waals surface area contributed by atoms with E-state index < -0.39 is 0 Å². The van der Waals surface area contributed by atoms with E-state index in [2.05, 4.69) is 25.1 Å². The number of oxime groups is 1. The number of hydrogen-bond acceptors (Lipinski definition) is 5. The van der Waals surface area contributed by atoms with Crippen molar-refractivity contribution in [1.82, 2.24) is 0 Å². The van der Waals surface area contributed by atoms with Gasteiger partial charge >= 0.3 is 0 Å². The Hall–Kier alpha value is -2.95. The summed E-state index contributed by atoms with van der Waals surface area (Å²) in [4.78, 5) is 0. The summed E-state index contributed by atoms with van der Waals surface area (Å²) >= 11 is 0. The first-order chi connectivity index (χ1) is 13.0. The van der Waals surface area contributed by atoms with E-state index in [4.69, 9.17) is 14.2 Å². The van der Waals surface area contributed by atoms with E-state index >= 15 is 0 Å². The quantitative estimate of drug-likeness (QED) is 0.463. The first kappa shape index (κ1) is 18.8. The van der Waals surface area contributed by atoms with Crippen LogP contribution in [0.3, 0.4) is 0 Å². The largest absolute Gasteiger partial charge is 0.497 e. The van der Waals surface area contributed by atoms with Crippen molar-refractivity contribution >= 4 is 5.71 Å². The zero-order valence-electron chi connectivity index (χ0n) is 16.2. The van der Waals surface area contributed by atoms with Crippen molar-refractivity contribution in [2.24, 2.45) is 5.16 Å². The third-order valence-electron chi connectivity index (χ3n) is 4.68. The Morgan fingerprint density at radius 3 is 2.52 bits per heavy atom. The molecule has 2 aromatic rings. The van der Waals surface area contributed by atoms with Crippen LogP contribution in [0.2, 0.25) is 0 Å². The lowest BCUT2D eigenvalue weighted by Gasteiger charge is -2.28. The smallest absolute Gasteiger partial charge is 0.133 e. The first-order valence-electron chi connectivity index (χ1n) is 8.92. The third-order valence-corrected chi connectivity index (χ3v) is 4.68. The van der Waals surface area contributed by atoms with E-state index in [1.54, 1.807) is 14.2 Å². The Balaban J connectivity index is 1.97. The second kappa shape index (κ2) is 8.16. The number of nitrogens with zero attached hydrogens (tertiary/aromatic N) is 1. The van der Waals surface area contributed by atoms with Crippen molar-refractivity contribution in [3.05, 3.63) is 64.7 Å². The fraction of sp³-hybridized carbons (Fsp3) is 0.318. The van der Waals surface area contributed by atoms with Crippen LogP contribution < -0.4 is 14.2 Å². The van der Waals surface area contributed by atoms with Crippen molar-refractivity contribution in [2.45, 2.75) is 32.8 Å². The Morgan fingerprint density at radius 2 is 1.93 bits per heavy atom. The summed E-state index contributed by atoms with van der Waals surface area (Å²) < 4.78 is 17.0. The van der Waals surface area contributed by atoms with Crippen molar-refractivity contribution in [2.75, 3.05) is 14.2 Å².